The topological polar surface area (TPSA) is 74.2 Å². The van der Waals surface area contributed by atoms with Crippen molar-refractivity contribution in [2.45, 2.75) is 33.0 Å². The van der Waals surface area contributed by atoms with Gasteiger partial charge in [-0.3, -0.25) is 4.79 Å². The highest BCUT2D eigenvalue weighted by Crippen LogP contribution is 2.24. The SMILES string of the molecule is CC(C)[C@H](C)NC(=O)CNc1ccc(OCC(F)(F)F)c(C#N)c1. The van der Waals surface area contributed by atoms with E-state index in [0.29, 0.717) is 11.6 Å². The van der Waals surface area contributed by atoms with Crippen molar-refractivity contribution in [1.82, 2.24) is 5.32 Å². The molecule has 0 aliphatic rings. The van der Waals surface area contributed by atoms with Crippen LogP contribution < -0.4 is 15.4 Å². The molecule has 1 atom stereocenters. The van der Waals surface area contributed by atoms with E-state index >= 15 is 0 Å². The summed E-state index contributed by atoms with van der Waals surface area (Å²) < 4.78 is 41.1. The third-order valence-electron chi connectivity index (χ3n) is 3.33. The fourth-order valence-corrected chi connectivity index (χ4v) is 1.67. The van der Waals surface area contributed by atoms with E-state index in [2.05, 4.69) is 15.4 Å². The lowest BCUT2D eigenvalue weighted by Gasteiger charge is -2.18. The first-order valence-corrected chi connectivity index (χ1v) is 7.39. The van der Waals surface area contributed by atoms with Gasteiger partial charge in [-0.1, -0.05) is 13.8 Å². The van der Waals surface area contributed by atoms with Gasteiger partial charge in [0.1, 0.15) is 11.8 Å². The van der Waals surface area contributed by atoms with Gasteiger partial charge in [0.15, 0.2) is 6.61 Å². The molecule has 0 heterocycles. The first-order chi connectivity index (χ1) is 11.1. The van der Waals surface area contributed by atoms with E-state index in [-0.39, 0.29) is 29.8 Å². The van der Waals surface area contributed by atoms with Crippen molar-refractivity contribution in [2.75, 3.05) is 18.5 Å². The molecule has 0 saturated heterocycles. The molecule has 1 rings (SSSR count). The number of nitrogens with zero attached hydrogens (tertiary/aromatic N) is 1. The molecule has 2 N–H and O–H groups in total. The molecule has 0 aliphatic heterocycles. The van der Waals surface area contributed by atoms with Gasteiger partial charge in [-0.05, 0) is 31.0 Å². The lowest BCUT2D eigenvalue weighted by molar-refractivity contribution is -0.153. The van der Waals surface area contributed by atoms with Crippen LogP contribution in [0.3, 0.4) is 0 Å². The van der Waals surface area contributed by atoms with Crippen LogP contribution in [-0.2, 0) is 4.79 Å². The largest absolute Gasteiger partial charge is 0.483 e. The van der Waals surface area contributed by atoms with Crippen LogP contribution in [0.4, 0.5) is 18.9 Å². The van der Waals surface area contributed by atoms with Crippen molar-refractivity contribution in [3.8, 4) is 11.8 Å². The standard InChI is InChI=1S/C16H20F3N3O2/c1-10(2)11(3)22-15(23)8-21-13-4-5-14(12(6-13)7-20)24-9-16(17,18)19/h4-6,10-11,21H,8-9H2,1-3H3,(H,22,23)/t11-/m0/s1. The van der Waals surface area contributed by atoms with Crippen LogP contribution in [0.25, 0.3) is 0 Å². The number of alkyl halides is 3. The maximum Gasteiger partial charge on any atom is 0.422 e. The predicted octanol–water partition coefficient (Wildman–Crippen LogP) is 3.07. The Labute approximate surface area is 138 Å². The molecule has 0 radical (unpaired) electrons. The monoisotopic (exact) mass is 343 g/mol. The molecule has 0 unspecified atom stereocenters. The summed E-state index contributed by atoms with van der Waals surface area (Å²) in [5.74, 6) is -0.0745. The molecule has 0 saturated carbocycles. The number of ether oxygens (including phenoxy) is 1. The summed E-state index contributed by atoms with van der Waals surface area (Å²) in [5, 5.41) is 14.6. The second-order valence-corrected chi connectivity index (χ2v) is 5.68. The summed E-state index contributed by atoms with van der Waals surface area (Å²) in [4.78, 5) is 11.8. The Balaban J connectivity index is 2.65. The average molecular weight is 343 g/mol. The molecular formula is C16H20F3N3O2. The summed E-state index contributed by atoms with van der Waals surface area (Å²) >= 11 is 0. The molecule has 1 aromatic carbocycles. The number of hydrogen-bond donors (Lipinski definition) is 2. The van der Waals surface area contributed by atoms with Gasteiger partial charge in [0.25, 0.3) is 0 Å². The molecule has 132 valence electrons. The predicted molar refractivity (Wildman–Crippen MR) is 83.6 cm³/mol. The normalized spacial score (nSPS) is 12.4. The minimum Gasteiger partial charge on any atom is -0.483 e. The second-order valence-electron chi connectivity index (χ2n) is 5.68. The van der Waals surface area contributed by atoms with E-state index in [9.17, 15) is 18.0 Å². The van der Waals surface area contributed by atoms with E-state index in [1.54, 1.807) is 6.07 Å². The average Bonchev–Trinajstić information content (AvgIpc) is 2.50. The number of anilines is 1. The number of halogens is 3. The first kappa shape index (κ1) is 19.6. The molecule has 0 aliphatic carbocycles. The van der Waals surface area contributed by atoms with Gasteiger partial charge in [0, 0.05) is 11.7 Å². The van der Waals surface area contributed by atoms with Crippen LogP contribution in [-0.4, -0.2) is 31.3 Å². The minimum absolute atomic E-state index is 0.00924. The molecular weight excluding hydrogens is 323 g/mol. The maximum absolute atomic E-state index is 12.2. The molecule has 1 aromatic rings. The molecule has 1 amide bonds. The van der Waals surface area contributed by atoms with Crippen molar-refractivity contribution >= 4 is 11.6 Å². The molecule has 0 aromatic heterocycles. The minimum atomic E-state index is -4.48. The molecule has 0 bridgehead atoms. The number of carbonyl (C=O) groups is 1. The zero-order valence-corrected chi connectivity index (χ0v) is 13.7. The quantitative estimate of drug-likeness (QED) is 0.798. The highest BCUT2D eigenvalue weighted by Gasteiger charge is 2.28. The van der Waals surface area contributed by atoms with Gasteiger partial charge in [-0.2, -0.15) is 18.4 Å². The number of nitrogens with one attached hydrogen (secondary N) is 2. The van der Waals surface area contributed by atoms with Crippen molar-refractivity contribution in [3.63, 3.8) is 0 Å². The molecule has 0 fully saturated rings. The number of nitriles is 1. The smallest absolute Gasteiger partial charge is 0.422 e. The van der Waals surface area contributed by atoms with Crippen LogP contribution in [0, 0.1) is 17.2 Å². The summed E-state index contributed by atoms with van der Waals surface area (Å²) in [7, 11) is 0. The van der Waals surface area contributed by atoms with Gasteiger partial charge in [-0.15, -0.1) is 0 Å². The Bertz CT molecular complexity index is 610. The Morgan fingerprint density at radius 1 is 1.33 bits per heavy atom. The Morgan fingerprint density at radius 3 is 2.54 bits per heavy atom. The number of rotatable bonds is 7. The van der Waals surface area contributed by atoms with Gasteiger partial charge in [0.05, 0.1) is 12.1 Å². The van der Waals surface area contributed by atoms with Crippen LogP contribution in [0.1, 0.15) is 26.3 Å². The molecule has 0 spiro atoms. The van der Waals surface area contributed by atoms with E-state index < -0.39 is 12.8 Å². The van der Waals surface area contributed by atoms with Crippen molar-refractivity contribution in [3.05, 3.63) is 23.8 Å². The van der Waals surface area contributed by atoms with Crippen LogP contribution in [0.5, 0.6) is 5.75 Å². The lowest BCUT2D eigenvalue weighted by atomic mass is 10.1. The summed E-state index contributed by atoms with van der Waals surface area (Å²) in [6, 6.07) is 5.85. The van der Waals surface area contributed by atoms with Crippen molar-refractivity contribution < 1.29 is 22.7 Å². The zero-order valence-electron chi connectivity index (χ0n) is 13.7. The molecule has 24 heavy (non-hydrogen) atoms. The summed E-state index contributed by atoms with van der Waals surface area (Å²) in [5.41, 5.74) is 0.401. The first-order valence-electron chi connectivity index (χ1n) is 7.39. The van der Waals surface area contributed by atoms with Crippen molar-refractivity contribution in [1.29, 1.82) is 5.26 Å². The van der Waals surface area contributed by atoms with Gasteiger partial charge in [0.2, 0.25) is 5.91 Å². The van der Waals surface area contributed by atoms with Crippen LogP contribution in [0.15, 0.2) is 18.2 Å². The van der Waals surface area contributed by atoms with Gasteiger partial charge in [-0.25, -0.2) is 0 Å². The molecule has 8 heteroatoms. The Kier molecular flexibility index (Phi) is 6.89. The number of benzene rings is 1. The maximum atomic E-state index is 12.2. The van der Waals surface area contributed by atoms with E-state index in [4.69, 9.17) is 5.26 Å². The second kappa shape index (κ2) is 8.43. The van der Waals surface area contributed by atoms with E-state index in [0.717, 1.165) is 0 Å². The third kappa shape index (κ3) is 6.77. The fraction of sp³-hybridized carbons (Fsp3) is 0.500. The highest BCUT2D eigenvalue weighted by atomic mass is 19.4. The third-order valence-corrected chi connectivity index (χ3v) is 3.33. The summed E-state index contributed by atoms with van der Waals surface area (Å²) in [6.45, 7) is 4.38. The Morgan fingerprint density at radius 2 is 2.00 bits per heavy atom. The number of hydrogen-bond acceptors (Lipinski definition) is 4. The lowest BCUT2D eigenvalue weighted by Crippen LogP contribution is -2.39. The van der Waals surface area contributed by atoms with E-state index in [1.807, 2.05) is 20.8 Å². The van der Waals surface area contributed by atoms with E-state index in [1.165, 1.54) is 18.2 Å². The summed E-state index contributed by atoms with van der Waals surface area (Å²) in [6.07, 6.45) is -4.48. The van der Waals surface area contributed by atoms with Crippen LogP contribution in [0.2, 0.25) is 0 Å². The molecule has 5 nitrogen and oxygen atoms in total. The van der Waals surface area contributed by atoms with Crippen LogP contribution >= 0.6 is 0 Å². The van der Waals surface area contributed by atoms with Gasteiger partial charge >= 0.3 is 6.18 Å². The zero-order chi connectivity index (χ0) is 18.3. The fourth-order valence-electron chi connectivity index (χ4n) is 1.67. The number of amides is 1. The van der Waals surface area contributed by atoms with Crippen molar-refractivity contribution in [2.24, 2.45) is 5.92 Å². The van der Waals surface area contributed by atoms with Gasteiger partial charge < -0.3 is 15.4 Å². The number of carbonyl (C=O) groups excluding carboxylic acids is 1. The highest BCUT2D eigenvalue weighted by molar-refractivity contribution is 5.81. The Hall–Kier alpha value is -2.43.